The third-order valence-electron chi connectivity index (χ3n) is 5.26. The summed E-state index contributed by atoms with van der Waals surface area (Å²) < 4.78 is 37.7. The third kappa shape index (κ3) is 5.12. The Labute approximate surface area is 165 Å². The van der Waals surface area contributed by atoms with Crippen molar-refractivity contribution in [2.75, 3.05) is 24.6 Å². The number of fused-ring (bicyclic) bond motifs is 1. The van der Waals surface area contributed by atoms with E-state index in [0.717, 1.165) is 31.5 Å². The lowest BCUT2D eigenvalue weighted by Crippen LogP contribution is -2.34. The molecular weight excluding hydrogens is 389 g/mol. The van der Waals surface area contributed by atoms with E-state index in [1.807, 2.05) is 36.7 Å². The summed E-state index contributed by atoms with van der Waals surface area (Å²) in [5.41, 5.74) is 0.219. The molecule has 156 valence electrons. The second-order valence-electron chi connectivity index (χ2n) is 7.14. The van der Waals surface area contributed by atoms with Gasteiger partial charge in [0, 0.05) is 43.2 Å². The molecule has 1 aliphatic heterocycles. The molecule has 2 aliphatic rings. The number of aliphatic carboxylic acids is 1. The van der Waals surface area contributed by atoms with Crippen LogP contribution in [0.3, 0.4) is 0 Å². The minimum absolute atomic E-state index is 0.219. The van der Waals surface area contributed by atoms with Gasteiger partial charge in [-0.25, -0.2) is 19.7 Å². The highest BCUT2D eigenvalue weighted by atomic mass is 19.4. The topological polar surface area (TPSA) is 88.4 Å². The lowest BCUT2D eigenvalue weighted by atomic mass is 9.82. The molecule has 0 radical (unpaired) electrons. The van der Waals surface area contributed by atoms with Crippen molar-refractivity contribution >= 4 is 11.9 Å². The monoisotopic (exact) mass is 410 g/mol. The van der Waals surface area contributed by atoms with Crippen LogP contribution >= 0.6 is 0 Å². The summed E-state index contributed by atoms with van der Waals surface area (Å²) in [5.74, 6) is -0.529. The maximum Gasteiger partial charge on any atom is 0.490 e. The summed E-state index contributed by atoms with van der Waals surface area (Å²) in [6.07, 6.45) is 4.10. The average molecular weight is 410 g/mol. The van der Waals surface area contributed by atoms with Gasteiger partial charge in [0.05, 0.1) is 6.61 Å². The molecule has 0 aromatic carbocycles. The van der Waals surface area contributed by atoms with Gasteiger partial charge in [0.15, 0.2) is 0 Å². The van der Waals surface area contributed by atoms with Crippen LogP contribution in [0.2, 0.25) is 0 Å². The van der Waals surface area contributed by atoms with Crippen LogP contribution in [0.4, 0.5) is 19.1 Å². The number of anilines is 1. The van der Waals surface area contributed by atoms with E-state index in [9.17, 15) is 13.2 Å². The minimum Gasteiger partial charge on any atom is -0.477 e. The molecule has 2 atom stereocenters. The molecule has 2 aromatic heterocycles. The Morgan fingerprint density at radius 2 is 1.90 bits per heavy atom. The number of hydrogen-bond acceptors (Lipinski definition) is 6. The fourth-order valence-corrected chi connectivity index (χ4v) is 3.91. The van der Waals surface area contributed by atoms with Crippen molar-refractivity contribution in [3.05, 3.63) is 42.9 Å². The molecule has 1 N–H and O–H groups in total. The van der Waals surface area contributed by atoms with E-state index in [4.69, 9.17) is 14.6 Å². The molecule has 2 fully saturated rings. The second-order valence-corrected chi connectivity index (χ2v) is 7.14. The molecular formula is C19H21F3N4O3. The molecule has 1 saturated heterocycles. The number of alkyl halides is 3. The predicted octanol–water partition coefficient (Wildman–Crippen LogP) is 3.19. The van der Waals surface area contributed by atoms with Crippen molar-refractivity contribution in [1.82, 2.24) is 15.0 Å². The van der Waals surface area contributed by atoms with Crippen LogP contribution in [-0.4, -0.2) is 51.9 Å². The van der Waals surface area contributed by atoms with Crippen molar-refractivity contribution in [2.45, 2.75) is 25.4 Å². The Bertz CT molecular complexity index is 807. The number of aromatic nitrogens is 3. The van der Waals surface area contributed by atoms with Crippen molar-refractivity contribution < 1.29 is 27.8 Å². The Hall–Kier alpha value is -2.91. The summed E-state index contributed by atoms with van der Waals surface area (Å²) in [4.78, 5) is 24.3. The van der Waals surface area contributed by atoms with E-state index in [0.29, 0.717) is 5.92 Å². The minimum atomic E-state index is -5.08. The fraction of sp³-hybridized carbons (Fsp3) is 0.474. The van der Waals surface area contributed by atoms with Crippen molar-refractivity contribution in [3.8, 4) is 5.88 Å². The van der Waals surface area contributed by atoms with Gasteiger partial charge in [0.1, 0.15) is 0 Å². The molecule has 0 spiro atoms. The number of carbonyl (C=O) groups is 1. The van der Waals surface area contributed by atoms with E-state index >= 15 is 0 Å². The smallest absolute Gasteiger partial charge is 0.477 e. The zero-order chi connectivity index (χ0) is 20.9. The summed E-state index contributed by atoms with van der Waals surface area (Å²) in [7, 11) is 0. The quantitative estimate of drug-likeness (QED) is 0.828. The van der Waals surface area contributed by atoms with Crippen LogP contribution in [-0.2, 0) is 4.79 Å². The van der Waals surface area contributed by atoms with Gasteiger partial charge in [-0.05, 0) is 30.9 Å². The summed E-state index contributed by atoms with van der Waals surface area (Å²) in [6, 6.07) is 7.66. The highest BCUT2D eigenvalue weighted by Gasteiger charge is 2.50. The molecule has 1 aliphatic carbocycles. The van der Waals surface area contributed by atoms with Gasteiger partial charge in [0.2, 0.25) is 11.8 Å². The Kier molecular flexibility index (Phi) is 6.19. The molecule has 0 unspecified atom stereocenters. The molecule has 29 heavy (non-hydrogen) atoms. The van der Waals surface area contributed by atoms with Gasteiger partial charge >= 0.3 is 12.1 Å². The predicted molar refractivity (Wildman–Crippen MR) is 97.4 cm³/mol. The molecule has 7 nitrogen and oxygen atoms in total. The van der Waals surface area contributed by atoms with Crippen LogP contribution < -0.4 is 9.64 Å². The summed E-state index contributed by atoms with van der Waals surface area (Å²) >= 11 is 0. The number of halogens is 3. The highest BCUT2D eigenvalue weighted by molar-refractivity contribution is 5.73. The first-order chi connectivity index (χ1) is 13.8. The molecule has 3 heterocycles. The number of nitrogens with zero attached hydrogens (tertiary/aromatic N) is 4. The van der Waals surface area contributed by atoms with Gasteiger partial charge in [-0.2, -0.15) is 13.2 Å². The highest BCUT2D eigenvalue weighted by Crippen LogP contribution is 2.49. The summed E-state index contributed by atoms with van der Waals surface area (Å²) in [5, 5.41) is 7.12. The SMILES string of the molecule is O=C(O)C(F)(F)F.c1ccc(OC[C@@]23CCC[C@@H]2CN(c2ncccn2)C3)nc1. The number of hydrogen-bond donors (Lipinski definition) is 1. The van der Waals surface area contributed by atoms with Crippen LogP contribution in [0.5, 0.6) is 5.88 Å². The maximum absolute atomic E-state index is 10.6. The number of carboxylic acids is 1. The third-order valence-corrected chi connectivity index (χ3v) is 5.26. The molecule has 0 amide bonds. The standard InChI is InChI=1S/C17H20N4O.C2HF3O2/c1-2-8-18-15(6-1)22-13-17-7-3-5-14(17)11-21(12-17)16-19-9-4-10-20-16;3-2(4,5)1(6)7/h1-2,4,6,8-10,14H,3,5,7,11-13H2;(H,6,7)/t14-,17+;/m1./s1. The zero-order valence-electron chi connectivity index (χ0n) is 15.5. The van der Waals surface area contributed by atoms with E-state index in [1.165, 1.54) is 19.3 Å². The van der Waals surface area contributed by atoms with E-state index in [-0.39, 0.29) is 5.41 Å². The van der Waals surface area contributed by atoms with Crippen molar-refractivity contribution in [1.29, 1.82) is 0 Å². The van der Waals surface area contributed by atoms with Crippen molar-refractivity contribution in [2.24, 2.45) is 11.3 Å². The first-order valence-corrected chi connectivity index (χ1v) is 9.16. The molecule has 2 aromatic rings. The number of pyridine rings is 1. The Morgan fingerprint density at radius 3 is 2.52 bits per heavy atom. The lowest BCUT2D eigenvalue weighted by molar-refractivity contribution is -0.192. The van der Waals surface area contributed by atoms with Gasteiger partial charge in [0.25, 0.3) is 0 Å². The van der Waals surface area contributed by atoms with E-state index < -0.39 is 12.1 Å². The second kappa shape index (κ2) is 8.62. The lowest BCUT2D eigenvalue weighted by Gasteiger charge is -2.28. The van der Waals surface area contributed by atoms with Crippen LogP contribution in [0, 0.1) is 11.3 Å². The largest absolute Gasteiger partial charge is 0.490 e. The van der Waals surface area contributed by atoms with E-state index in [1.54, 1.807) is 6.20 Å². The van der Waals surface area contributed by atoms with E-state index in [2.05, 4.69) is 19.9 Å². The number of ether oxygens (including phenoxy) is 1. The molecule has 0 bridgehead atoms. The van der Waals surface area contributed by atoms with Crippen molar-refractivity contribution in [3.63, 3.8) is 0 Å². The fourth-order valence-electron chi connectivity index (χ4n) is 3.91. The maximum atomic E-state index is 10.6. The zero-order valence-corrected chi connectivity index (χ0v) is 15.5. The molecule has 10 heteroatoms. The molecule has 4 rings (SSSR count). The average Bonchev–Trinajstić information content (AvgIpc) is 3.25. The Morgan fingerprint density at radius 1 is 1.21 bits per heavy atom. The molecule has 1 saturated carbocycles. The van der Waals surface area contributed by atoms with Gasteiger partial charge in [-0.15, -0.1) is 0 Å². The van der Waals surface area contributed by atoms with Crippen LogP contribution in [0.15, 0.2) is 42.9 Å². The van der Waals surface area contributed by atoms with Crippen LogP contribution in [0.25, 0.3) is 0 Å². The number of rotatable bonds is 4. The normalized spacial score (nSPS) is 23.1. The van der Waals surface area contributed by atoms with Gasteiger partial charge < -0.3 is 14.7 Å². The number of carboxylic acid groups (broad SMARTS) is 1. The van der Waals surface area contributed by atoms with Gasteiger partial charge in [-0.1, -0.05) is 12.5 Å². The first-order valence-electron chi connectivity index (χ1n) is 9.16. The van der Waals surface area contributed by atoms with Crippen LogP contribution in [0.1, 0.15) is 19.3 Å². The Balaban J connectivity index is 0.000000298. The van der Waals surface area contributed by atoms with Gasteiger partial charge in [-0.3, -0.25) is 0 Å². The summed E-state index contributed by atoms with van der Waals surface area (Å²) in [6.45, 7) is 2.75. The first kappa shape index (κ1) is 20.8.